The summed E-state index contributed by atoms with van der Waals surface area (Å²) in [6.45, 7) is 5.85. The minimum atomic E-state index is -1.08. The third kappa shape index (κ3) is 2.87. The summed E-state index contributed by atoms with van der Waals surface area (Å²) in [6.07, 6.45) is 2.08. The molecular formula is C13H16ClNO2. The number of hydrogen-bond donors (Lipinski definition) is 2. The quantitative estimate of drug-likeness (QED) is 0.767. The van der Waals surface area contributed by atoms with Gasteiger partial charge in [-0.15, -0.1) is 6.58 Å². The van der Waals surface area contributed by atoms with E-state index in [1.54, 1.807) is 30.3 Å². The maximum absolute atomic E-state index is 11.5. The average molecular weight is 254 g/mol. The molecule has 1 atom stereocenters. The van der Waals surface area contributed by atoms with Crippen LogP contribution in [0.2, 0.25) is 5.02 Å². The molecule has 92 valence electrons. The van der Waals surface area contributed by atoms with Crippen LogP contribution in [0.25, 0.3) is 0 Å². The van der Waals surface area contributed by atoms with Crippen molar-refractivity contribution in [2.75, 3.05) is 6.54 Å². The molecule has 1 aromatic carbocycles. The van der Waals surface area contributed by atoms with Gasteiger partial charge in [-0.25, -0.2) is 4.79 Å². The van der Waals surface area contributed by atoms with Crippen LogP contribution in [0.15, 0.2) is 36.9 Å². The molecule has 0 bridgehead atoms. The molecule has 3 nitrogen and oxygen atoms in total. The van der Waals surface area contributed by atoms with Gasteiger partial charge in [0, 0.05) is 11.6 Å². The first-order valence-electron chi connectivity index (χ1n) is 5.42. The second kappa shape index (κ2) is 5.84. The van der Waals surface area contributed by atoms with Crippen LogP contribution in [-0.2, 0) is 10.3 Å². The number of hydrogen-bond acceptors (Lipinski definition) is 2. The van der Waals surface area contributed by atoms with Crippen LogP contribution >= 0.6 is 11.6 Å². The highest BCUT2D eigenvalue weighted by molar-refractivity contribution is 6.30. The van der Waals surface area contributed by atoms with E-state index in [0.29, 0.717) is 23.6 Å². The lowest BCUT2D eigenvalue weighted by molar-refractivity contribution is -0.145. The number of carboxylic acids is 1. The Hall–Kier alpha value is -1.32. The normalized spacial score (nSPS) is 14.0. The van der Waals surface area contributed by atoms with Crippen molar-refractivity contribution in [3.05, 3.63) is 47.5 Å². The summed E-state index contributed by atoms with van der Waals surface area (Å²) in [5.41, 5.74) is -0.391. The molecule has 0 aliphatic carbocycles. The number of carbonyl (C=O) groups is 1. The van der Waals surface area contributed by atoms with Gasteiger partial charge in [-0.2, -0.15) is 0 Å². The molecule has 1 unspecified atom stereocenters. The molecule has 17 heavy (non-hydrogen) atoms. The largest absolute Gasteiger partial charge is 0.480 e. The Kier molecular flexibility index (Phi) is 4.73. The average Bonchev–Trinajstić information content (AvgIpc) is 2.32. The van der Waals surface area contributed by atoms with Crippen LogP contribution in [-0.4, -0.2) is 17.6 Å². The van der Waals surface area contributed by atoms with Gasteiger partial charge in [0.15, 0.2) is 0 Å². The molecule has 0 aliphatic heterocycles. The van der Waals surface area contributed by atoms with Gasteiger partial charge in [-0.1, -0.05) is 36.7 Å². The Morgan fingerprint density at radius 1 is 1.53 bits per heavy atom. The molecule has 0 heterocycles. The molecule has 0 aliphatic rings. The fourth-order valence-corrected chi connectivity index (χ4v) is 1.89. The minimum absolute atomic E-state index is 0.433. The Bertz CT molecular complexity index is 402. The molecule has 1 aromatic rings. The number of nitrogens with one attached hydrogen (secondary N) is 1. The number of benzene rings is 1. The molecule has 0 spiro atoms. The van der Waals surface area contributed by atoms with Gasteiger partial charge in [0.25, 0.3) is 0 Å². The molecule has 2 N–H and O–H groups in total. The van der Waals surface area contributed by atoms with Crippen molar-refractivity contribution in [1.29, 1.82) is 0 Å². The summed E-state index contributed by atoms with van der Waals surface area (Å²) in [4.78, 5) is 11.5. The smallest absolute Gasteiger partial charge is 0.328 e. The van der Waals surface area contributed by atoms with Gasteiger partial charge in [-0.3, -0.25) is 5.32 Å². The molecular weight excluding hydrogens is 238 g/mol. The van der Waals surface area contributed by atoms with E-state index in [2.05, 4.69) is 11.9 Å². The van der Waals surface area contributed by atoms with Crippen LogP contribution in [0.5, 0.6) is 0 Å². The van der Waals surface area contributed by atoms with Crippen molar-refractivity contribution < 1.29 is 9.90 Å². The van der Waals surface area contributed by atoms with E-state index in [0.717, 1.165) is 0 Å². The lowest BCUT2D eigenvalue weighted by atomic mass is 9.87. The zero-order valence-corrected chi connectivity index (χ0v) is 10.5. The van der Waals surface area contributed by atoms with Crippen molar-refractivity contribution in [2.24, 2.45) is 0 Å². The van der Waals surface area contributed by atoms with E-state index in [4.69, 9.17) is 11.6 Å². The van der Waals surface area contributed by atoms with Gasteiger partial charge < -0.3 is 5.11 Å². The molecule has 1 rings (SSSR count). The molecule has 0 radical (unpaired) electrons. The summed E-state index contributed by atoms with van der Waals surface area (Å²) < 4.78 is 0. The fraction of sp³-hybridized carbons (Fsp3) is 0.308. The van der Waals surface area contributed by atoms with Crippen LogP contribution in [0.4, 0.5) is 0 Å². The first-order chi connectivity index (χ1) is 8.06. The summed E-state index contributed by atoms with van der Waals surface area (Å²) in [7, 11) is 0. The molecule has 0 fully saturated rings. The lowest BCUT2D eigenvalue weighted by Gasteiger charge is -2.29. The third-order valence-corrected chi connectivity index (χ3v) is 3.03. The number of rotatable bonds is 6. The van der Waals surface area contributed by atoms with Crippen LogP contribution < -0.4 is 5.32 Å². The monoisotopic (exact) mass is 253 g/mol. The highest BCUT2D eigenvalue weighted by Gasteiger charge is 2.37. The highest BCUT2D eigenvalue weighted by Crippen LogP contribution is 2.26. The lowest BCUT2D eigenvalue weighted by Crippen LogP contribution is -2.48. The van der Waals surface area contributed by atoms with Crippen LogP contribution in [0.3, 0.4) is 0 Å². The maximum atomic E-state index is 11.5. The van der Waals surface area contributed by atoms with E-state index in [-0.39, 0.29) is 0 Å². The molecule has 0 aromatic heterocycles. The number of halogens is 1. The van der Waals surface area contributed by atoms with Crippen molar-refractivity contribution in [3.8, 4) is 0 Å². The zero-order chi connectivity index (χ0) is 12.9. The van der Waals surface area contributed by atoms with Gasteiger partial charge in [0.2, 0.25) is 0 Å². The van der Waals surface area contributed by atoms with Gasteiger partial charge in [-0.05, 0) is 24.1 Å². The molecule has 0 amide bonds. The minimum Gasteiger partial charge on any atom is -0.480 e. The zero-order valence-electron chi connectivity index (χ0n) is 9.74. The maximum Gasteiger partial charge on any atom is 0.328 e. The van der Waals surface area contributed by atoms with E-state index in [1.165, 1.54) is 0 Å². The summed E-state index contributed by atoms with van der Waals surface area (Å²) in [5.74, 6) is -0.899. The van der Waals surface area contributed by atoms with Crippen LogP contribution in [0, 0.1) is 0 Å². The van der Waals surface area contributed by atoms with Gasteiger partial charge >= 0.3 is 5.97 Å². The van der Waals surface area contributed by atoms with E-state index < -0.39 is 11.5 Å². The Labute approximate surface area is 106 Å². The predicted molar refractivity (Wildman–Crippen MR) is 69.3 cm³/mol. The number of aliphatic carboxylic acids is 1. The van der Waals surface area contributed by atoms with Crippen molar-refractivity contribution >= 4 is 17.6 Å². The first-order valence-corrected chi connectivity index (χ1v) is 5.80. The van der Waals surface area contributed by atoms with Crippen molar-refractivity contribution in [1.82, 2.24) is 5.32 Å². The van der Waals surface area contributed by atoms with E-state index >= 15 is 0 Å². The Balaban J connectivity index is 3.16. The molecule has 0 saturated carbocycles. The molecule has 0 saturated heterocycles. The van der Waals surface area contributed by atoms with Crippen LogP contribution in [0.1, 0.15) is 18.9 Å². The summed E-state index contributed by atoms with van der Waals surface area (Å²) >= 11 is 5.80. The number of carboxylic acid groups (broad SMARTS) is 1. The van der Waals surface area contributed by atoms with Crippen molar-refractivity contribution in [3.63, 3.8) is 0 Å². The summed E-state index contributed by atoms with van der Waals surface area (Å²) in [6, 6.07) is 6.85. The predicted octanol–water partition coefficient (Wildman–Crippen LogP) is 2.81. The second-order valence-electron chi connectivity index (χ2n) is 3.74. The topological polar surface area (TPSA) is 49.3 Å². The Morgan fingerprint density at radius 2 is 2.12 bits per heavy atom. The van der Waals surface area contributed by atoms with Gasteiger partial charge in [0.1, 0.15) is 5.54 Å². The standard InChI is InChI=1S/C13H16ClNO2/c1-3-9-15-13(4-2,12(16)17)10-5-7-11(14)8-6-10/h3,5-8,15H,1,4,9H2,2H3,(H,16,17). The van der Waals surface area contributed by atoms with Crippen molar-refractivity contribution in [2.45, 2.75) is 18.9 Å². The SMILES string of the molecule is C=CCNC(CC)(C(=O)O)c1ccc(Cl)cc1. The second-order valence-corrected chi connectivity index (χ2v) is 4.18. The third-order valence-electron chi connectivity index (χ3n) is 2.78. The van der Waals surface area contributed by atoms with E-state index in [9.17, 15) is 9.90 Å². The fourth-order valence-electron chi connectivity index (χ4n) is 1.76. The molecule has 4 heteroatoms. The van der Waals surface area contributed by atoms with Gasteiger partial charge in [0.05, 0.1) is 0 Å². The summed E-state index contributed by atoms with van der Waals surface area (Å²) in [5, 5.41) is 13.0. The first kappa shape index (κ1) is 13.7. The highest BCUT2D eigenvalue weighted by atomic mass is 35.5. The Morgan fingerprint density at radius 3 is 2.53 bits per heavy atom. The van der Waals surface area contributed by atoms with E-state index in [1.807, 2.05) is 6.92 Å².